The average molecular weight is 253 g/mol. The molecule has 0 unspecified atom stereocenters. The van der Waals surface area contributed by atoms with Crippen LogP contribution in [0, 0.1) is 5.41 Å². The number of rotatable bonds is 9. The third-order valence-corrected chi connectivity index (χ3v) is 3.16. The van der Waals surface area contributed by atoms with Crippen LogP contribution in [0.5, 0.6) is 0 Å². The van der Waals surface area contributed by atoms with Gasteiger partial charge in [0.2, 0.25) is 0 Å². The topological polar surface area (TPSA) is 39.1 Å². The summed E-state index contributed by atoms with van der Waals surface area (Å²) in [5, 5.41) is 3.52. The van der Waals surface area contributed by atoms with Gasteiger partial charge in [-0.3, -0.25) is 0 Å². The molecule has 1 aromatic heterocycles. The lowest BCUT2D eigenvalue weighted by molar-refractivity contribution is 0.150. The Kier molecular flexibility index (Phi) is 6.36. The van der Waals surface area contributed by atoms with E-state index in [2.05, 4.69) is 35.6 Å². The molecule has 1 aromatic rings. The van der Waals surface area contributed by atoms with E-state index in [9.17, 15) is 0 Å². The number of hydrogen-bond acceptors (Lipinski definition) is 3. The second-order valence-corrected chi connectivity index (χ2v) is 5.59. The summed E-state index contributed by atoms with van der Waals surface area (Å²) in [6, 6.07) is 0. The molecule has 1 heterocycles. The Morgan fingerprint density at radius 2 is 2.22 bits per heavy atom. The van der Waals surface area contributed by atoms with Gasteiger partial charge in [0.15, 0.2) is 0 Å². The van der Waals surface area contributed by atoms with Crippen molar-refractivity contribution < 1.29 is 4.74 Å². The fraction of sp³-hybridized carbons (Fsp3) is 0.786. The molecule has 0 saturated carbocycles. The Hall–Kier alpha value is -0.870. The highest BCUT2D eigenvalue weighted by molar-refractivity contribution is 4.98. The zero-order chi connectivity index (χ0) is 13.4. The van der Waals surface area contributed by atoms with E-state index in [1.165, 1.54) is 5.69 Å². The summed E-state index contributed by atoms with van der Waals surface area (Å²) in [7, 11) is 1.76. The van der Waals surface area contributed by atoms with E-state index in [0.29, 0.717) is 0 Å². The van der Waals surface area contributed by atoms with Gasteiger partial charge in [0.25, 0.3) is 0 Å². The molecular formula is C14H27N3O. The standard InChI is InChI=1S/C14H27N3O/c1-5-7-17-12-16-10-13(17)9-15-11-14(2,3)6-8-18-4/h10,12,15H,5-9,11H2,1-4H3. The number of nitrogens with one attached hydrogen (secondary N) is 1. The van der Waals surface area contributed by atoms with Crippen molar-refractivity contribution in [1.29, 1.82) is 0 Å². The minimum atomic E-state index is 0.269. The van der Waals surface area contributed by atoms with Gasteiger partial charge in [-0.05, 0) is 18.3 Å². The number of imidazole rings is 1. The summed E-state index contributed by atoms with van der Waals surface area (Å²) < 4.78 is 7.36. The van der Waals surface area contributed by atoms with E-state index in [1.807, 2.05) is 12.5 Å². The molecule has 0 aliphatic rings. The van der Waals surface area contributed by atoms with Crippen molar-refractivity contribution in [3.8, 4) is 0 Å². The van der Waals surface area contributed by atoms with Crippen LogP contribution in [0.25, 0.3) is 0 Å². The first kappa shape index (κ1) is 15.2. The molecule has 0 spiro atoms. The third-order valence-electron chi connectivity index (χ3n) is 3.16. The molecule has 1 rings (SSSR count). The van der Waals surface area contributed by atoms with Crippen molar-refractivity contribution in [2.45, 2.75) is 46.7 Å². The summed E-state index contributed by atoms with van der Waals surface area (Å²) in [6.07, 6.45) is 6.08. The number of hydrogen-bond donors (Lipinski definition) is 1. The molecule has 0 saturated heterocycles. The minimum Gasteiger partial charge on any atom is -0.385 e. The van der Waals surface area contributed by atoms with E-state index >= 15 is 0 Å². The van der Waals surface area contributed by atoms with Crippen LogP contribution >= 0.6 is 0 Å². The first-order valence-corrected chi connectivity index (χ1v) is 6.77. The molecule has 104 valence electrons. The van der Waals surface area contributed by atoms with Crippen molar-refractivity contribution in [1.82, 2.24) is 14.9 Å². The Balaban J connectivity index is 2.34. The molecule has 18 heavy (non-hydrogen) atoms. The predicted octanol–water partition coefficient (Wildman–Crippen LogP) is 2.45. The van der Waals surface area contributed by atoms with E-state index in [0.717, 1.165) is 39.1 Å². The van der Waals surface area contributed by atoms with Gasteiger partial charge in [-0.15, -0.1) is 0 Å². The van der Waals surface area contributed by atoms with E-state index in [-0.39, 0.29) is 5.41 Å². The lowest BCUT2D eigenvalue weighted by atomic mass is 9.90. The SMILES string of the molecule is CCCn1cncc1CNCC(C)(C)CCOC. The first-order chi connectivity index (χ1) is 8.59. The Morgan fingerprint density at radius 1 is 1.44 bits per heavy atom. The predicted molar refractivity (Wildman–Crippen MR) is 74.5 cm³/mol. The fourth-order valence-electron chi connectivity index (χ4n) is 1.93. The van der Waals surface area contributed by atoms with Gasteiger partial charge in [-0.1, -0.05) is 20.8 Å². The first-order valence-electron chi connectivity index (χ1n) is 6.77. The molecule has 1 N–H and O–H groups in total. The van der Waals surface area contributed by atoms with Gasteiger partial charge in [-0.25, -0.2) is 4.98 Å². The molecule has 0 amide bonds. The van der Waals surface area contributed by atoms with Crippen molar-refractivity contribution in [2.24, 2.45) is 5.41 Å². The van der Waals surface area contributed by atoms with Crippen LogP contribution in [0.3, 0.4) is 0 Å². The molecule has 4 heteroatoms. The zero-order valence-electron chi connectivity index (χ0n) is 12.2. The van der Waals surface area contributed by atoms with Gasteiger partial charge in [0.05, 0.1) is 12.0 Å². The van der Waals surface area contributed by atoms with Gasteiger partial charge in [0, 0.05) is 39.5 Å². The molecule has 0 aliphatic heterocycles. The van der Waals surface area contributed by atoms with Crippen LogP contribution in [-0.2, 0) is 17.8 Å². The third kappa shape index (κ3) is 5.19. The van der Waals surface area contributed by atoms with Crippen LogP contribution in [0.1, 0.15) is 39.3 Å². The monoisotopic (exact) mass is 253 g/mol. The zero-order valence-corrected chi connectivity index (χ0v) is 12.2. The number of nitrogens with zero attached hydrogens (tertiary/aromatic N) is 2. The molecule has 4 nitrogen and oxygen atoms in total. The average Bonchev–Trinajstić information content (AvgIpc) is 2.75. The molecule has 0 radical (unpaired) electrons. The van der Waals surface area contributed by atoms with Gasteiger partial charge in [-0.2, -0.15) is 0 Å². The summed E-state index contributed by atoms with van der Waals surface area (Å²) in [5.74, 6) is 0. The van der Waals surface area contributed by atoms with Gasteiger partial charge < -0.3 is 14.6 Å². The van der Waals surface area contributed by atoms with Crippen molar-refractivity contribution in [2.75, 3.05) is 20.3 Å². The summed E-state index contributed by atoms with van der Waals surface area (Å²) >= 11 is 0. The normalized spacial score (nSPS) is 12.0. The van der Waals surface area contributed by atoms with Crippen LogP contribution in [0.2, 0.25) is 0 Å². The molecule has 0 bridgehead atoms. The molecule has 0 atom stereocenters. The highest BCUT2D eigenvalue weighted by Gasteiger charge is 2.17. The smallest absolute Gasteiger partial charge is 0.0948 e. The second-order valence-electron chi connectivity index (χ2n) is 5.59. The second kappa shape index (κ2) is 7.54. The van der Waals surface area contributed by atoms with Crippen LogP contribution < -0.4 is 5.32 Å². The minimum absolute atomic E-state index is 0.269. The Labute approximate surface area is 111 Å². The van der Waals surface area contributed by atoms with Crippen molar-refractivity contribution >= 4 is 0 Å². The summed E-state index contributed by atoms with van der Waals surface area (Å²) in [6.45, 7) is 10.5. The Morgan fingerprint density at radius 3 is 2.89 bits per heavy atom. The number of aromatic nitrogens is 2. The number of methoxy groups -OCH3 is 1. The number of aryl methyl sites for hydroxylation is 1. The van der Waals surface area contributed by atoms with Crippen LogP contribution in [-0.4, -0.2) is 29.8 Å². The highest BCUT2D eigenvalue weighted by Crippen LogP contribution is 2.18. The molecule has 0 aromatic carbocycles. The largest absolute Gasteiger partial charge is 0.385 e. The molecular weight excluding hydrogens is 226 g/mol. The van der Waals surface area contributed by atoms with Gasteiger partial charge >= 0.3 is 0 Å². The lowest BCUT2D eigenvalue weighted by Gasteiger charge is -2.24. The van der Waals surface area contributed by atoms with Crippen molar-refractivity contribution in [3.63, 3.8) is 0 Å². The van der Waals surface area contributed by atoms with E-state index in [1.54, 1.807) is 7.11 Å². The van der Waals surface area contributed by atoms with E-state index < -0.39 is 0 Å². The Bertz CT molecular complexity index is 334. The number of ether oxygens (including phenoxy) is 1. The van der Waals surface area contributed by atoms with Gasteiger partial charge in [0.1, 0.15) is 0 Å². The van der Waals surface area contributed by atoms with E-state index in [4.69, 9.17) is 4.74 Å². The quantitative estimate of drug-likeness (QED) is 0.734. The maximum Gasteiger partial charge on any atom is 0.0948 e. The molecule has 0 aliphatic carbocycles. The highest BCUT2D eigenvalue weighted by atomic mass is 16.5. The maximum absolute atomic E-state index is 5.14. The fourth-order valence-corrected chi connectivity index (χ4v) is 1.93. The van der Waals surface area contributed by atoms with Crippen LogP contribution in [0.15, 0.2) is 12.5 Å². The summed E-state index contributed by atoms with van der Waals surface area (Å²) in [4.78, 5) is 4.21. The van der Waals surface area contributed by atoms with Crippen LogP contribution in [0.4, 0.5) is 0 Å². The maximum atomic E-state index is 5.14. The molecule has 0 fully saturated rings. The van der Waals surface area contributed by atoms with Crippen molar-refractivity contribution in [3.05, 3.63) is 18.2 Å². The lowest BCUT2D eigenvalue weighted by Crippen LogP contribution is -2.30. The summed E-state index contributed by atoms with van der Waals surface area (Å²) in [5.41, 5.74) is 1.53.